The van der Waals surface area contributed by atoms with Gasteiger partial charge < -0.3 is 14.6 Å². The first-order valence-electron chi connectivity index (χ1n) is 12.6. The van der Waals surface area contributed by atoms with Crippen molar-refractivity contribution < 1.29 is 31.8 Å². The van der Waals surface area contributed by atoms with Gasteiger partial charge in [0.15, 0.2) is 4.90 Å². The van der Waals surface area contributed by atoms with Crippen LogP contribution in [-0.4, -0.2) is 52.7 Å². The van der Waals surface area contributed by atoms with Crippen LogP contribution in [0.3, 0.4) is 0 Å². The van der Waals surface area contributed by atoms with Gasteiger partial charge in [0.25, 0.3) is 5.56 Å². The van der Waals surface area contributed by atoms with Crippen LogP contribution in [0.25, 0.3) is 11.1 Å². The minimum atomic E-state index is -4.62. The third-order valence-corrected chi connectivity index (χ3v) is 8.13. The van der Waals surface area contributed by atoms with Gasteiger partial charge in [0, 0.05) is 32.0 Å². The number of aromatic hydroxyl groups is 1. The second-order valence-corrected chi connectivity index (χ2v) is 11.6. The van der Waals surface area contributed by atoms with Crippen molar-refractivity contribution in [1.82, 2.24) is 19.3 Å². The second kappa shape index (κ2) is 11.9. The maximum atomic E-state index is 14.2. The molecule has 10 nitrogen and oxygen atoms in total. The average molecular weight is 589 g/mol. The lowest BCUT2D eigenvalue weighted by molar-refractivity contribution is 0.0554. The summed E-state index contributed by atoms with van der Waals surface area (Å²) in [4.78, 5) is 15.8. The van der Waals surface area contributed by atoms with E-state index in [1.54, 1.807) is 43.9 Å². The van der Waals surface area contributed by atoms with E-state index in [9.17, 15) is 27.1 Å². The van der Waals surface area contributed by atoms with E-state index in [1.165, 1.54) is 19.2 Å². The molecule has 0 radical (unpaired) electrons. The summed E-state index contributed by atoms with van der Waals surface area (Å²) in [6, 6.07) is 7.29. The Morgan fingerprint density at radius 1 is 1.07 bits per heavy atom. The molecule has 13 heteroatoms. The molecule has 0 bridgehead atoms. The number of benzene rings is 2. The molecule has 1 N–H and O–H groups in total. The summed E-state index contributed by atoms with van der Waals surface area (Å²) in [5, 5.41) is 15.7. The Kier molecular flexibility index (Phi) is 8.71. The Labute approximate surface area is 235 Å². The molecule has 0 amide bonds. The molecule has 4 aromatic rings. The average Bonchev–Trinajstić information content (AvgIpc) is 3.23. The Balaban J connectivity index is 1.90. The van der Waals surface area contributed by atoms with Crippen LogP contribution in [0.15, 0.2) is 63.2 Å². The quantitative estimate of drug-likeness (QED) is 0.296. The van der Waals surface area contributed by atoms with Crippen LogP contribution in [0.5, 0.6) is 5.88 Å². The highest BCUT2D eigenvalue weighted by Crippen LogP contribution is 2.33. The van der Waals surface area contributed by atoms with E-state index in [1.807, 2.05) is 6.92 Å². The van der Waals surface area contributed by atoms with Gasteiger partial charge in [0.05, 0.1) is 29.3 Å². The van der Waals surface area contributed by atoms with Gasteiger partial charge in [-0.3, -0.25) is 14.0 Å². The van der Waals surface area contributed by atoms with Crippen molar-refractivity contribution >= 4 is 9.84 Å². The van der Waals surface area contributed by atoms with E-state index in [-0.39, 0.29) is 35.6 Å². The molecule has 0 spiro atoms. The topological polar surface area (TPSA) is 126 Å². The summed E-state index contributed by atoms with van der Waals surface area (Å²) in [5.41, 5.74) is 1.03. The van der Waals surface area contributed by atoms with Gasteiger partial charge in [0.2, 0.25) is 15.7 Å². The Morgan fingerprint density at radius 3 is 2.24 bits per heavy atom. The number of ether oxygens (including phenoxy) is 2. The molecule has 0 fully saturated rings. The molecule has 2 heterocycles. The van der Waals surface area contributed by atoms with E-state index >= 15 is 0 Å². The first-order chi connectivity index (χ1) is 19.3. The summed E-state index contributed by atoms with van der Waals surface area (Å²) < 4.78 is 69.3. The number of hydrogen-bond acceptors (Lipinski definition) is 8. The van der Waals surface area contributed by atoms with Crippen LogP contribution in [-0.2, 0) is 33.0 Å². The van der Waals surface area contributed by atoms with Crippen molar-refractivity contribution in [3.8, 4) is 17.0 Å². The zero-order chi connectivity index (χ0) is 30.1. The van der Waals surface area contributed by atoms with Gasteiger partial charge in [0.1, 0.15) is 24.1 Å². The minimum Gasteiger partial charge on any atom is -0.493 e. The maximum Gasteiger partial charge on any atom is 0.296 e. The largest absolute Gasteiger partial charge is 0.493 e. The van der Waals surface area contributed by atoms with Gasteiger partial charge in [-0.05, 0) is 56.2 Å². The number of sulfone groups is 1. The van der Waals surface area contributed by atoms with E-state index in [4.69, 9.17) is 9.47 Å². The number of rotatable bonds is 10. The normalized spacial score (nSPS) is 12.7. The van der Waals surface area contributed by atoms with Gasteiger partial charge in [-0.1, -0.05) is 12.1 Å². The van der Waals surface area contributed by atoms with Crippen LogP contribution in [0, 0.1) is 18.6 Å². The van der Waals surface area contributed by atoms with Crippen molar-refractivity contribution in [2.75, 3.05) is 13.7 Å². The maximum absolute atomic E-state index is 14.2. The number of methoxy groups -OCH3 is 1. The van der Waals surface area contributed by atoms with Crippen LogP contribution in [0.4, 0.5) is 8.78 Å². The summed E-state index contributed by atoms with van der Waals surface area (Å²) in [7, 11) is -1.53. The lowest BCUT2D eigenvalue weighted by Gasteiger charge is -2.26. The van der Waals surface area contributed by atoms with Crippen LogP contribution >= 0.6 is 0 Å². The molecule has 1 atom stereocenters. The van der Waals surface area contributed by atoms with E-state index in [0.29, 0.717) is 11.6 Å². The zero-order valence-electron chi connectivity index (χ0n) is 23.1. The van der Waals surface area contributed by atoms with E-state index < -0.39 is 43.8 Å². The van der Waals surface area contributed by atoms with E-state index in [2.05, 4.69) is 10.1 Å². The number of aryl methyl sites for hydroxylation is 2. The van der Waals surface area contributed by atoms with Crippen LogP contribution in [0.1, 0.15) is 37.0 Å². The SMILES string of the molecule is COCC(c1cc(F)cc(F)c1)n1c(COC(C)C)nc(=O)c(S(=O)(=O)c2ccc(-c3cn(C)nc3C)cc2)c1O. The highest BCUT2D eigenvalue weighted by Gasteiger charge is 2.33. The molecular formula is C28H30F2N4O6S. The zero-order valence-corrected chi connectivity index (χ0v) is 23.9. The molecule has 0 aliphatic heterocycles. The summed E-state index contributed by atoms with van der Waals surface area (Å²) >= 11 is 0. The third kappa shape index (κ3) is 6.21. The van der Waals surface area contributed by atoms with Crippen molar-refractivity contribution in [1.29, 1.82) is 0 Å². The Bertz CT molecular complexity index is 1710. The first kappa shape index (κ1) is 30.0. The summed E-state index contributed by atoms with van der Waals surface area (Å²) in [6.45, 7) is 4.71. The standard InChI is InChI=1S/C28H30F2N4O6S/c1-16(2)40-15-25-31-27(35)26(28(36)34(25)24(14-39-5)19-10-20(29)12-21(30)11-19)41(37,38)22-8-6-18(7-9-22)23-13-33(4)32-17(23)3/h6-13,16,24,36H,14-15H2,1-5H3. The molecule has 0 aliphatic rings. The number of aromatic nitrogens is 4. The first-order valence-corrected chi connectivity index (χ1v) is 14.1. The third-order valence-electron chi connectivity index (χ3n) is 6.34. The van der Waals surface area contributed by atoms with Gasteiger partial charge in [-0.25, -0.2) is 17.2 Å². The van der Waals surface area contributed by atoms with E-state index in [0.717, 1.165) is 28.0 Å². The van der Waals surface area contributed by atoms with Gasteiger partial charge in [-0.2, -0.15) is 10.1 Å². The minimum absolute atomic E-state index is 0.00966. The second-order valence-electron chi connectivity index (χ2n) is 9.72. The monoisotopic (exact) mass is 588 g/mol. The fourth-order valence-corrected chi connectivity index (χ4v) is 5.86. The molecule has 0 saturated heterocycles. The number of nitrogens with zero attached hydrogens (tertiary/aromatic N) is 4. The molecule has 0 saturated carbocycles. The molecule has 0 aliphatic carbocycles. The summed E-state index contributed by atoms with van der Waals surface area (Å²) in [6.07, 6.45) is 1.47. The molecular weight excluding hydrogens is 558 g/mol. The number of hydrogen-bond donors (Lipinski definition) is 1. The predicted octanol–water partition coefficient (Wildman–Crippen LogP) is 3.93. The molecule has 2 aromatic carbocycles. The molecule has 2 aromatic heterocycles. The van der Waals surface area contributed by atoms with Gasteiger partial charge in [-0.15, -0.1) is 0 Å². The molecule has 218 valence electrons. The number of halogens is 2. The van der Waals surface area contributed by atoms with Crippen molar-refractivity contribution in [2.45, 2.75) is 49.3 Å². The lowest BCUT2D eigenvalue weighted by Crippen LogP contribution is -2.30. The molecule has 4 rings (SSSR count). The smallest absolute Gasteiger partial charge is 0.296 e. The molecule has 1 unspecified atom stereocenters. The highest BCUT2D eigenvalue weighted by atomic mass is 32.2. The van der Waals surface area contributed by atoms with Gasteiger partial charge >= 0.3 is 0 Å². The molecule has 41 heavy (non-hydrogen) atoms. The lowest BCUT2D eigenvalue weighted by atomic mass is 10.1. The summed E-state index contributed by atoms with van der Waals surface area (Å²) in [5.74, 6) is -2.92. The van der Waals surface area contributed by atoms with Crippen molar-refractivity contribution in [3.05, 3.63) is 87.7 Å². The fourth-order valence-electron chi connectivity index (χ4n) is 4.51. The predicted molar refractivity (Wildman–Crippen MR) is 145 cm³/mol. The van der Waals surface area contributed by atoms with Crippen molar-refractivity contribution in [2.24, 2.45) is 7.05 Å². The van der Waals surface area contributed by atoms with Crippen LogP contribution < -0.4 is 5.56 Å². The highest BCUT2D eigenvalue weighted by molar-refractivity contribution is 7.91. The van der Waals surface area contributed by atoms with Crippen LogP contribution in [0.2, 0.25) is 0 Å². The Hall–Kier alpha value is -3.94. The Morgan fingerprint density at radius 2 is 1.71 bits per heavy atom. The fraction of sp³-hybridized carbons (Fsp3) is 0.321. The van der Waals surface area contributed by atoms with Crippen molar-refractivity contribution in [3.63, 3.8) is 0 Å².